The number of aromatic nitrogens is 3. The van der Waals surface area contributed by atoms with Gasteiger partial charge in [-0.2, -0.15) is 0 Å². The van der Waals surface area contributed by atoms with E-state index < -0.39 is 12.1 Å². The third-order valence-corrected chi connectivity index (χ3v) is 5.78. The second-order valence-electron chi connectivity index (χ2n) is 8.01. The number of imidazole rings is 1. The van der Waals surface area contributed by atoms with Crippen LogP contribution < -0.4 is 4.90 Å². The number of aromatic amines is 1. The molecule has 30 heavy (non-hydrogen) atoms. The normalized spacial score (nSPS) is 16.1. The number of anilines is 1. The lowest BCUT2D eigenvalue weighted by atomic mass is 9.97. The van der Waals surface area contributed by atoms with Crippen molar-refractivity contribution in [1.82, 2.24) is 15.0 Å². The number of carbonyl (C=O) groups is 1. The number of hydrogen-bond acceptors (Lipinski definition) is 5. The van der Waals surface area contributed by atoms with Crippen molar-refractivity contribution in [3.05, 3.63) is 42.1 Å². The highest BCUT2D eigenvalue weighted by atomic mass is 16.5. The summed E-state index contributed by atoms with van der Waals surface area (Å²) in [6, 6.07) is 10.3. The van der Waals surface area contributed by atoms with Gasteiger partial charge >= 0.3 is 5.97 Å². The molecular formula is C23H28N4O3. The number of nitrogens with zero attached hydrogens (tertiary/aromatic N) is 3. The van der Waals surface area contributed by atoms with Crippen LogP contribution in [-0.4, -0.2) is 51.8 Å². The summed E-state index contributed by atoms with van der Waals surface area (Å²) in [6.07, 6.45) is 3.62. The number of carboxylic acids is 1. The van der Waals surface area contributed by atoms with Gasteiger partial charge in [-0.25, -0.2) is 14.8 Å². The third kappa shape index (κ3) is 4.46. The largest absolute Gasteiger partial charge is 0.479 e. The Bertz CT molecular complexity index is 1010. The van der Waals surface area contributed by atoms with Gasteiger partial charge in [-0.1, -0.05) is 13.0 Å². The maximum atomic E-state index is 11.1. The smallest absolute Gasteiger partial charge is 0.332 e. The summed E-state index contributed by atoms with van der Waals surface area (Å²) < 4.78 is 5.59. The Morgan fingerprint density at radius 3 is 2.77 bits per heavy atom. The van der Waals surface area contributed by atoms with E-state index in [-0.39, 0.29) is 0 Å². The molecule has 0 amide bonds. The van der Waals surface area contributed by atoms with Gasteiger partial charge in [0.05, 0.1) is 17.6 Å². The van der Waals surface area contributed by atoms with E-state index in [0.29, 0.717) is 18.9 Å². The highest BCUT2D eigenvalue weighted by Crippen LogP contribution is 2.25. The van der Waals surface area contributed by atoms with Gasteiger partial charge in [0.2, 0.25) is 0 Å². The number of fused-ring (bicyclic) bond motifs is 1. The number of benzene rings is 1. The predicted molar refractivity (Wildman–Crippen MR) is 117 cm³/mol. The van der Waals surface area contributed by atoms with Gasteiger partial charge in [0, 0.05) is 24.8 Å². The van der Waals surface area contributed by atoms with Crippen LogP contribution in [0.5, 0.6) is 0 Å². The quantitative estimate of drug-likeness (QED) is 0.613. The number of H-pyrrole nitrogens is 1. The molecule has 1 aromatic carbocycles. The van der Waals surface area contributed by atoms with Crippen LogP contribution in [0.25, 0.3) is 22.4 Å². The van der Waals surface area contributed by atoms with Crippen molar-refractivity contribution < 1.29 is 14.6 Å². The lowest BCUT2D eigenvalue weighted by Gasteiger charge is -2.33. The molecule has 1 atom stereocenters. The van der Waals surface area contributed by atoms with Gasteiger partial charge in [0.1, 0.15) is 11.6 Å². The Hall–Kier alpha value is -2.93. The fourth-order valence-electron chi connectivity index (χ4n) is 3.91. The molecule has 7 heteroatoms. The van der Waals surface area contributed by atoms with Gasteiger partial charge in [-0.15, -0.1) is 0 Å². The van der Waals surface area contributed by atoms with Crippen LogP contribution in [-0.2, 0) is 9.53 Å². The number of ether oxygens (including phenoxy) is 1. The van der Waals surface area contributed by atoms with Gasteiger partial charge in [0.15, 0.2) is 6.10 Å². The van der Waals surface area contributed by atoms with Crippen LogP contribution in [0.1, 0.15) is 31.7 Å². The second kappa shape index (κ2) is 8.83. The standard InChI is InChI=1S/C23H28N4O3/c1-3-20(23(28)29)30-14-16-8-10-27(11-9-16)21-7-5-17(13-24-21)22-25-18-6-4-15(2)12-19(18)26-22/h4-7,12-13,16,20H,3,8-11,14H2,1-2H3,(H,25,26)(H,28,29). The highest BCUT2D eigenvalue weighted by molar-refractivity contribution is 5.80. The number of aliphatic carboxylic acids is 1. The number of aryl methyl sites for hydroxylation is 1. The average molecular weight is 409 g/mol. The monoisotopic (exact) mass is 408 g/mol. The number of nitrogens with one attached hydrogen (secondary N) is 1. The van der Waals surface area contributed by atoms with Gasteiger partial charge in [0.25, 0.3) is 0 Å². The number of carboxylic acid groups (broad SMARTS) is 1. The van der Waals surface area contributed by atoms with E-state index in [4.69, 9.17) is 9.84 Å². The first-order valence-corrected chi connectivity index (χ1v) is 10.6. The minimum atomic E-state index is -0.876. The molecule has 0 saturated carbocycles. The topological polar surface area (TPSA) is 91.3 Å². The third-order valence-electron chi connectivity index (χ3n) is 5.78. The number of hydrogen-bond donors (Lipinski definition) is 2. The molecule has 1 saturated heterocycles. The Morgan fingerprint density at radius 2 is 2.10 bits per heavy atom. The van der Waals surface area contributed by atoms with Crippen LogP contribution in [0.4, 0.5) is 5.82 Å². The maximum absolute atomic E-state index is 11.1. The predicted octanol–water partition coefficient (Wildman–Crippen LogP) is 4.03. The summed E-state index contributed by atoms with van der Waals surface area (Å²) in [4.78, 5) is 26.1. The zero-order valence-electron chi connectivity index (χ0n) is 17.5. The van der Waals surface area contributed by atoms with Crippen LogP contribution in [0, 0.1) is 12.8 Å². The Balaban J connectivity index is 1.35. The summed E-state index contributed by atoms with van der Waals surface area (Å²) >= 11 is 0. The van der Waals surface area contributed by atoms with Crippen LogP contribution in [0.2, 0.25) is 0 Å². The molecule has 1 fully saturated rings. The van der Waals surface area contributed by atoms with Crippen molar-refractivity contribution in [2.75, 3.05) is 24.6 Å². The number of piperidine rings is 1. The SMILES string of the molecule is CCC(OCC1CCN(c2ccc(-c3nc4cc(C)ccc4[nH]3)cn2)CC1)C(=O)O. The van der Waals surface area contributed by atoms with Gasteiger partial charge in [-0.3, -0.25) is 0 Å². The average Bonchev–Trinajstić information content (AvgIpc) is 3.18. The molecule has 0 spiro atoms. The van der Waals surface area contributed by atoms with E-state index in [9.17, 15) is 4.79 Å². The van der Waals surface area contributed by atoms with Crippen molar-refractivity contribution in [2.45, 2.75) is 39.2 Å². The molecule has 1 aliphatic heterocycles. The lowest BCUT2D eigenvalue weighted by Crippen LogP contribution is -2.36. The summed E-state index contributed by atoms with van der Waals surface area (Å²) in [7, 11) is 0. The van der Waals surface area contributed by atoms with Crippen molar-refractivity contribution in [3.8, 4) is 11.4 Å². The molecule has 4 rings (SSSR count). The molecular weight excluding hydrogens is 380 g/mol. The molecule has 0 aliphatic carbocycles. The zero-order valence-corrected chi connectivity index (χ0v) is 17.5. The number of pyridine rings is 1. The van der Waals surface area contributed by atoms with E-state index in [0.717, 1.165) is 54.2 Å². The molecule has 0 radical (unpaired) electrons. The van der Waals surface area contributed by atoms with E-state index >= 15 is 0 Å². The lowest BCUT2D eigenvalue weighted by molar-refractivity contribution is -0.151. The minimum Gasteiger partial charge on any atom is -0.479 e. The molecule has 2 aromatic heterocycles. The summed E-state index contributed by atoms with van der Waals surface area (Å²) in [5.41, 5.74) is 4.15. The molecule has 3 heterocycles. The van der Waals surface area contributed by atoms with Crippen molar-refractivity contribution in [1.29, 1.82) is 0 Å². The van der Waals surface area contributed by atoms with Gasteiger partial charge < -0.3 is 19.7 Å². The fraction of sp³-hybridized carbons (Fsp3) is 0.435. The Morgan fingerprint density at radius 1 is 1.30 bits per heavy atom. The molecule has 3 aromatic rings. The number of rotatable bonds is 7. The maximum Gasteiger partial charge on any atom is 0.332 e. The van der Waals surface area contributed by atoms with Crippen LogP contribution in [0.3, 0.4) is 0 Å². The minimum absolute atomic E-state index is 0.396. The molecule has 1 aliphatic rings. The van der Waals surface area contributed by atoms with Gasteiger partial charge in [-0.05, 0) is 61.9 Å². The Labute approximate surface area is 176 Å². The van der Waals surface area contributed by atoms with E-state index in [1.54, 1.807) is 0 Å². The second-order valence-corrected chi connectivity index (χ2v) is 8.01. The van der Waals surface area contributed by atoms with E-state index in [1.807, 2.05) is 19.2 Å². The highest BCUT2D eigenvalue weighted by Gasteiger charge is 2.23. The molecule has 7 nitrogen and oxygen atoms in total. The Kier molecular flexibility index (Phi) is 5.99. The molecule has 158 valence electrons. The molecule has 2 N–H and O–H groups in total. The first-order chi connectivity index (χ1) is 14.5. The van der Waals surface area contributed by atoms with Crippen LogP contribution >= 0.6 is 0 Å². The van der Waals surface area contributed by atoms with Crippen molar-refractivity contribution >= 4 is 22.8 Å². The van der Waals surface area contributed by atoms with E-state index in [1.165, 1.54) is 5.56 Å². The van der Waals surface area contributed by atoms with Crippen LogP contribution in [0.15, 0.2) is 36.5 Å². The first-order valence-electron chi connectivity index (χ1n) is 10.6. The molecule has 1 unspecified atom stereocenters. The summed E-state index contributed by atoms with van der Waals surface area (Å²) in [6.45, 7) is 6.20. The molecule has 0 bridgehead atoms. The summed E-state index contributed by atoms with van der Waals surface area (Å²) in [5, 5.41) is 9.10. The summed E-state index contributed by atoms with van der Waals surface area (Å²) in [5.74, 6) is 1.31. The van der Waals surface area contributed by atoms with E-state index in [2.05, 4.69) is 51.0 Å². The van der Waals surface area contributed by atoms with Crippen molar-refractivity contribution in [2.24, 2.45) is 5.92 Å². The van der Waals surface area contributed by atoms with Crippen molar-refractivity contribution in [3.63, 3.8) is 0 Å². The first kappa shape index (κ1) is 20.3. The zero-order chi connectivity index (χ0) is 21.1. The fourth-order valence-corrected chi connectivity index (χ4v) is 3.91.